The van der Waals surface area contributed by atoms with Gasteiger partial charge in [0.1, 0.15) is 0 Å². The second-order valence-electron chi connectivity index (χ2n) is 12.0. The van der Waals surface area contributed by atoms with Crippen LogP contribution in [0.5, 0.6) is 0 Å². The number of hydrogen-bond donors (Lipinski definition) is 4. The molecule has 6 aromatic heterocycles. The zero-order valence-corrected chi connectivity index (χ0v) is 25.1. The Bertz CT molecular complexity index is 1430. The molecular weight excluding hydrogens is 536 g/mol. The highest BCUT2D eigenvalue weighted by Gasteiger charge is 2.32. The highest BCUT2D eigenvalue weighted by Crippen LogP contribution is 2.35. The molecule has 0 saturated heterocycles. The van der Waals surface area contributed by atoms with Crippen molar-refractivity contribution in [2.24, 2.45) is 0 Å². The van der Waals surface area contributed by atoms with Crippen molar-refractivity contribution in [1.29, 1.82) is 0 Å². The molecule has 0 atom stereocenters. The minimum Gasteiger partial charge on any atom is -0.364 e. The van der Waals surface area contributed by atoms with Gasteiger partial charge in [-0.1, -0.05) is 10.4 Å². The molecule has 0 unspecified atom stereocenters. The third-order valence-electron chi connectivity index (χ3n) is 8.98. The highest BCUT2D eigenvalue weighted by molar-refractivity contribution is 5.32. The Hall–Kier alpha value is -4.60. The van der Waals surface area contributed by atoms with Gasteiger partial charge in [0.15, 0.2) is 0 Å². The van der Waals surface area contributed by atoms with E-state index in [-0.39, 0.29) is 10.8 Å². The maximum atomic E-state index is 4.46. The van der Waals surface area contributed by atoms with Crippen molar-refractivity contribution in [2.75, 3.05) is 0 Å². The number of aromatic nitrogens is 10. The van der Waals surface area contributed by atoms with Crippen LogP contribution in [0, 0.1) is 0 Å². The third kappa shape index (κ3) is 6.43. The van der Waals surface area contributed by atoms with E-state index >= 15 is 0 Å². The summed E-state index contributed by atoms with van der Waals surface area (Å²) in [6.07, 6.45) is 18.9. The quantitative estimate of drug-likeness (QED) is 0.106. The maximum Gasteiger partial charge on any atom is 0.0827 e. The lowest BCUT2D eigenvalue weighted by atomic mass is 9.79. The molecule has 0 bridgehead atoms. The van der Waals surface area contributed by atoms with E-state index in [4.69, 9.17) is 0 Å². The molecule has 0 amide bonds. The number of nitrogens with one attached hydrogen (secondary N) is 4. The van der Waals surface area contributed by atoms with Crippen LogP contribution in [0.3, 0.4) is 0 Å². The van der Waals surface area contributed by atoms with Gasteiger partial charge in [0.2, 0.25) is 0 Å². The topological polar surface area (TPSA) is 125 Å². The number of aromatic amines is 4. The molecule has 0 aromatic carbocycles. The summed E-state index contributed by atoms with van der Waals surface area (Å²) in [6, 6.07) is 16.9. The van der Waals surface area contributed by atoms with Crippen molar-refractivity contribution in [1.82, 2.24) is 49.9 Å². The fraction of sp³-hybridized carbons (Fsp3) is 0.394. The summed E-state index contributed by atoms with van der Waals surface area (Å²) in [5, 5.41) is 17.7. The Labute approximate surface area is 252 Å². The van der Waals surface area contributed by atoms with E-state index < -0.39 is 0 Å². The monoisotopic (exact) mass is 578 g/mol. The highest BCUT2D eigenvalue weighted by atomic mass is 15.4. The Morgan fingerprint density at radius 2 is 0.930 bits per heavy atom. The average Bonchev–Trinajstić information content (AvgIpc) is 3.88. The minimum atomic E-state index is -0.137. The maximum absolute atomic E-state index is 4.46. The van der Waals surface area contributed by atoms with Gasteiger partial charge in [0.25, 0.3) is 0 Å². The first-order valence-corrected chi connectivity index (χ1v) is 15.4. The second kappa shape index (κ2) is 12.7. The summed E-state index contributed by atoms with van der Waals surface area (Å²) in [7, 11) is 0. The molecule has 0 radical (unpaired) electrons. The molecule has 6 heterocycles. The van der Waals surface area contributed by atoms with Crippen molar-refractivity contribution in [3.8, 4) is 0 Å². The van der Waals surface area contributed by atoms with Crippen LogP contribution in [0.1, 0.15) is 80.1 Å². The van der Waals surface area contributed by atoms with Gasteiger partial charge in [0, 0.05) is 83.9 Å². The number of hydrogen-bond acceptors (Lipinski definition) is 4. The van der Waals surface area contributed by atoms with Crippen LogP contribution < -0.4 is 0 Å². The van der Waals surface area contributed by atoms with Crippen molar-refractivity contribution >= 4 is 0 Å². The number of rotatable bonds is 16. The molecule has 6 rings (SSSR count). The van der Waals surface area contributed by atoms with Crippen LogP contribution in [-0.4, -0.2) is 49.9 Å². The summed E-state index contributed by atoms with van der Waals surface area (Å²) >= 11 is 0. The van der Waals surface area contributed by atoms with Gasteiger partial charge < -0.3 is 19.9 Å². The molecule has 0 aliphatic carbocycles. The van der Waals surface area contributed by atoms with Crippen LogP contribution in [0.25, 0.3) is 0 Å². The van der Waals surface area contributed by atoms with Crippen LogP contribution >= 0.6 is 0 Å². The van der Waals surface area contributed by atoms with E-state index in [0.29, 0.717) is 0 Å². The Balaban J connectivity index is 0.937. The van der Waals surface area contributed by atoms with Crippen molar-refractivity contribution in [3.05, 3.63) is 120 Å². The molecule has 4 N–H and O–H groups in total. The number of nitrogens with zero attached hydrogens (tertiary/aromatic N) is 6. The number of aryl methyl sites for hydroxylation is 4. The third-order valence-corrected chi connectivity index (χ3v) is 8.98. The largest absolute Gasteiger partial charge is 0.364 e. The van der Waals surface area contributed by atoms with Gasteiger partial charge in [-0.15, -0.1) is 10.2 Å². The van der Waals surface area contributed by atoms with E-state index in [1.807, 2.05) is 34.2 Å². The fourth-order valence-corrected chi connectivity index (χ4v) is 6.13. The molecule has 6 aromatic rings. The van der Waals surface area contributed by atoms with Crippen LogP contribution in [0.4, 0.5) is 0 Å². The van der Waals surface area contributed by atoms with Crippen LogP contribution in [0.15, 0.2) is 85.7 Å². The van der Waals surface area contributed by atoms with Gasteiger partial charge in [-0.25, -0.2) is 0 Å². The fourth-order valence-electron chi connectivity index (χ4n) is 6.13. The number of unbranched alkanes of at least 4 members (excludes halogenated alkanes) is 2. The van der Waals surface area contributed by atoms with Crippen LogP contribution in [-0.2, 0) is 36.8 Å². The van der Waals surface area contributed by atoms with Gasteiger partial charge in [-0.05, 0) is 107 Å². The van der Waals surface area contributed by atoms with E-state index in [1.54, 1.807) is 0 Å². The summed E-state index contributed by atoms with van der Waals surface area (Å²) in [5.74, 6) is 0. The lowest BCUT2D eigenvalue weighted by Crippen LogP contribution is -2.25. The molecular formula is C33H42N10. The van der Waals surface area contributed by atoms with Gasteiger partial charge >= 0.3 is 0 Å². The Morgan fingerprint density at radius 3 is 1.26 bits per heavy atom. The van der Waals surface area contributed by atoms with Crippen molar-refractivity contribution in [2.45, 2.75) is 82.7 Å². The normalized spacial score (nSPS) is 12.3. The smallest absolute Gasteiger partial charge is 0.0827 e. The SMILES string of the molecule is CC(CCc1cn(CCCCCn2cc(CCC(C)(c3ccc[nH]3)c3ccc[nH]3)nn2)nn1)(c1ccc[nH]1)c1ccc[nH]1. The van der Waals surface area contributed by atoms with Gasteiger partial charge in [-0.3, -0.25) is 9.36 Å². The summed E-state index contributed by atoms with van der Waals surface area (Å²) in [4.78, 5) is 13.6. The molecule has 0 fully saturated rings. The molecule has 0 aliphatic rings. The molecule has 43 heavy (non-hydrogen) atoms. The van der Waals surface area contributed by atoms with Gasteiger partial charge in [-0.2, -0.15) is 0 Å². The van der Waals surface area contributed by atoms with Crippen molar-refractivity contribution in [3.63, 3.8) is 0 Å². The van der Waals surface area contributed by atoms with E-state index in [9.17, 15) is 0 Å². The predicted octanol–water partition coefficient (Wildman–Crippen LogP) is 5.93. The first-order valence-electron chi connectivity index (χ1n) is 15.4. The second-order valence-corrected chi connectivity index (χ2v) is 12.0. The molecule has 10 nitrogen and oxygen atoms in total. The first kappa shape index (κ1) is 28.5. The standard InChI is InChI=1S/C33H42N10/c1-32(28-10-6-18-34-28,29-11-7-19-35-29)16-14-26-24-42(40-38-26)22-4-3-5-23-43-25-27(39-41-43)15-17-33(2,30-12-8-20-36-30)31-13-9-21-37-31/h6-13,18-21,24-25,34-37H,3-5,14-17,22-23H2,1-2H3. The van der Waals surface area contributed by atoms with Crippen LogP contribution in [0.2, 0.25) is 0 Å². The zero-order valence-electron chi connectivity index (χ0n) is 25.1. The summed E-state index contributed by atoms with van der Waals surface area (Å²) in [5.41, 5.74) is 6.60. The van der Waals surface area contributed by atoms with E-state index in [1.165, 1.54) is 22.8 Å². The average molecular weight is 579 g/mol. The lowest BCUT2D eigenvalue weighted by molar-refractivity contribution is 0.489. The summed E-state index contributed by atoms with van der Waals surface area (Å²) in [6.45, 7) is 6.29. The minimum absolute atomic E-state index is 0.137. The first-order chi connectivity index (χ1) is 21.0. The van der Waals surface area contributed by atoms with E-state index in [0.717, 1.165) is 69.4 Å². The van der Waals surface area contributed by atoms with E-state index in [2.05, 4.69) is 115 Å². The molecule has 0 aliphatic heterocycles. The number of H-pyrrole nitrogens is 4. The summed E-state index contributed by atoms with van der Waals surface area (Å²) < 4.78 is 3.96. The predicted molar refractivity (Wildman–Crippen MR) is 167 cm³/mol. The molecule has 0 saturated carbocycles. The van der Waals surface area contributed by atoms with Crippen molar-refractivity contribution < 1.29 is 0 Å². The molecule has 0 spiro atoms. The molecule has 10 heteroatoms. The zero-order chi connectivity index (χ0) is 29.5. The Morgan fingerprint density at radius 1 is 0.558 bits per heavy atom. The Kier molecular flexibility index (Phi) is 8.44. The lowest BCUT2D eigenvalue weighted by Gasteiger charge is -2.27. The molecule has 224 valence electrons. The van der Waals surface area contributed by atoms with Gasteiger partial charge in [0.05, 0.1) is 11.4 Å².